The fraction of sp³-hybridized carbons (Fsp3) is 0.417. The molecule has 3 nitrogen and oxygen atoms in total. The molecule has 0 aliphatic heterocycles. The van der Waals surface area contributed by atoms with E-state index in [4.69, 9.17) is 4.74 Å². The highest BCUT2D eigenvalue weighted by Crippen LogP contribution is 2.18. The number of nitrogens with one attached hydrogen (secondary N) is 1. The molecule has 0 saturated carbocycles. The van der Waals surface area contributed by atoms with Crippen LogP contribution in [0.25, 0.3) is 0 Å². The molecule has 0 aliphatic carbocycles. The number of benzene rings is 1. The van der Waals surface area contributed by atoms with Crippen molar-refractivity contribution in [3.8, 4) is 0 Å². The summed E-state index contributed by atoms with van der Waals surface area (Å²) in [7, 11) is 1.51. The van der Waals surface area contributed by atoms with Crippen molar-refractivity contribution < 1.29 is 9.53 Å². The van der Waals surface area contributed by atoms with Gasteiger partial charge in [-0.3, -0.25) is 4.79 Å². The summed E-state index contributed by atoms with van der Waals surface area (Å²) in [6.07, 6.45) is 0. The molecule has 0 saturated heterocycles. The van der Waals surface area contributed by atoms with Gasteiger partial charge in [0.15, 0.2) is 0 Å². The quantitative estimate of drug-likeness (QED) is 0.815. The molecule has 82 valence electrons. The largest absolute Gasteiger partial charge is 0.375 e. The summed E-state index contributed by atoms with van der Waals surface area (Å²) in [4.78, 5) is 11.4. The van der Waals surface area contributed by atoms with Gasteiger partial charge < -0.3 is 10.1 Å². The second kappa shape index (κ2) is 4.94. The van der Waals surface area contributed by atoms with Crippen LogP contribution in [0, 0.1) is 0 Å². The molecule has 0 bridgehead atoms. The lowest BCUT2D eigenvalue weighted by molar-refractivity contribution is -0.126. The average molecular weight is 207 g/mol. The second-order valence-electron chi connectivity index (χ2n) is 3.97. The van der Waals surface area contributed by atoms with Crippen molar-refractivity contribution >= 4 is 5.91 Å². The minimum absolute atomic E-state index is 0.0935. The summed E-state index contributed by atoms with van der Waals surface area (Å²) in [5, 5.41) is 2.91. The summed E-state index contributed by atoms with van der Waals surface area (Å²) in [6, 6.07) is 9.86. The standard InChI is InChI=1S/C12H17NO2/c1-12(2,13-11(14)9-15-3)10-7-5-4-6-8-10/h4-8H,9H2,1-3H3,(H,13,14). The first-order chi connectivity index (χ1) is 7.06. The van der Waals surface area contributed by atoms with Gasteiger partial charge in [0.2, 0.25) is 5.91 Å². The van der Waals surface area contributed by atoms with Crippen LogP contribution in [0.3, 0.4) is 0 Å². The summed E-state index contributed by atoms with van der Waals surface area (Å²) < 4.78 is 4.77. The Morgan fingerprint density at radius 3 is 2.47 bits per heavy atom. The van der Waals surface area contributed by atoms with Crippen molar-refractivity contribution in [1.82, 2.24) is 5.32 Å². The summed E-state index contributed by atoms with van der Waals surface area (Å²) in [6.45, 7) is 4.03. The minimum Gasteiger partial charge on any atom is -0.375 e. The summed E-state index contributed by atoms with van der Waals surface area (Å²) >= 11 is 0. The van der Waals surface area contributed by atoms with Crippen LogP contribution < -0.4 is 5.32 Å². The Balaban J connectivity index is 2.71. The molecule has 1 N–H and O–H groups in total. The zero-order valence-electron chi connectivity index (χ0n) is 9.41. The monoisotopic (exact) mass is 207 g/mol. The number of amides is 1. The third kappa shape index (κ3) is 3.36. The number of hydrogen-bond acceptors (Lipinski definition) is 2. The van der Waals surface area contributed by atoms with E-state index in [0.717, 1.165) is 5.56 Å². The maximum absolute atomic E-state index is 11.4. The maximum Gasteiger partial charge on any atom is 0.246 e. The Labute approximate surface area is 90.4 Å². The molecule has 1 aromatic rings. The molecule has 1 aromatic carbocycles. The summed E-state index contributed by atoms with van der Waals surface area (Å²) in [5.74, 6) is -0.105. The van der Waals surface area contributed by atoms with Crippen LogP contribution in [0.4, 0.5) is 0 Å². The third-order valence-corrected chi connectivity index (χ3v) is 2.22. The fourth-order valence-electron chi connectivity index (χ4n) is 1.44. The SMILES string of the molecule is COCC(=O)NC(C)(C)c1ccccc1. The van der Waals surface area contributed by atoms with E-state index in [2.05, 4.69) is 5.32 Å². The predicted octanol–water partition coefficient (Wildman–Crippen LogP) is 1.68. The van der Waals surface area contributed by atoms with E-state index in [9.17, 15) is 4.79 Å². The molecule has 15 heavy (non-hydrogen) atoms. The Bertz CT molecular complexity index is 320. The van der Waals surface area contributed by atoms with Gasteiger partial charge in [0, 0.05) is 7.11 Å². The van der Waals surface area contributed by atoms with E-state index in [1.54, 1.807) is 0 Å². The topological polar surface area (TPSA) is 38.3 Å². The molecule has 0 heterocycles. The van der Waals surface area contributed by atoms with Gasteiger partial charge in [-0.25, -0.2) is 0 Å². The lowest BCUT2D eigenvalue weighted by Crippen LogP contribution is -2.42. The smallest absolute Gasteiger partial charge is 0.246 e. The van der Waals surface area contributed by atoms with Crippen molar-refractivity contribution in [2.45, 2.75) is 19.4 Å². The third-order valence-electron chi connectivity index (χ3n) is 2.22. The van der Waals surface area contributed by atoms with Crippen LogP contribution in [-0.4, -0.2) is 19.6 Å². The minimum atomic E-state index is -0.364. The van der Waals surface area contributed by atoms with E-state index < -0.39 is 0 Å². The van der Waals surface area contributed by atoms with Gasteiger partial charge in [0.25, 0.3) is 0 Å². The highest BCUT2D eigenvalue weighted by molar-refractivity contribution is 5.78. The lowest BCUT2D eigenvalue weighted by Gasteiger charge is -2.26. The molecule has 0 unspecified atom stereocenters. The molecule has 1 amide bonds. The molecule has 0 spiro atoms. The number of rotatable bonds is 4. The molecule has 0 atom stereocenters. The number of methoxy groups -OCH3 is 1. The van der Waals surface area contributed by atoms with Gasteiger partial charge in [0.1, 0.15) is 6.61 Å². The normalized spacial score (nSPS) is 11.1. The highest BCUT2D eigenvalue weighted by atomic mass is 16.5. The van der Waals surface area contributed by atoms with Gasteiger partial charge in [-0.05, 0) is 19.4 Å². The Morgan fingerprint density at radius 2 is 1.93 bits per heavy atom. The fourth-order valence-corrected chi connectivity index (χ4v) is 1.44. The molecular weight excluding hydrogens is 190 g/mol. The van der Waals surface area contributed by atoms with E-state index in [0.29, 0.717) is 0 Å². The Hall–Kier alpha value is -1.35. The molecule has 3 heteroatoms. The highest BCUT2D eigenvalue weighted by Gasteiger charge is 2.21. The molecule has 0 aliphatic rings. The van der Waals surface area contributed by atoms with Gasteiger partial charge in [-0.1, -0.05) is 30.3 Å². The molecule has 0 aromatic heterocycles. The van der Waals surface area contributed by atoms with E-state index in [1.165, 1.54) is 7.11 Å². The van der Waals surface area contributed by atoms with E-state index in [1.807, 2.05) is 44.2 Å². The van der Waals surface area contributed by atoms with Crippen molar-refractivity contribution in [3.05, 3.63) is 35.9 Å². The molecular formula is C12H17NO2. The van der Waals surface area contributed by atoms with Crippen LogP contribution in [0.2, 0.25) is 0 Å². The first-order valence-electron chi connectivity index (χ1n) is 4.92. The summed E-state index contributed by atoms with van der Waals surface area (Å²) in [5.41, 5.74) is 0.714. The lowest BCUT2D eigenvalue weighted by atomic mass is 9.94. The number of hydrogen-bond donors (Lipinski definition) is 1. The second-order valence-corrected chi connectivity index (χ2v) is 3.97. The zero-order chi connectivity index (χ0) is 11.3. The van der Waals surface area contributed by atoms with E-state index >= 15 is 0 Å². The van der Waals surface area contributed by atoms with Crippen molar-refractivity contribution in [2.24, 2.45) is 0 Å². The van der Waals surface area contributed by atoms with E-state index in [-0.39, 0.29) is 18.1 Å². The van der Waals surface area contributed by atoms with Gasteiger partial charge in [-0.2, -0.15) is 0 Å². The van der Waals surface area contributed by atoms with Crippen molar-refractivity contribution in [2.75, 3.05) is 13.7 Å². The van der Waals surface area contributed by atoms with Crippen molar-refractivity contribution in [1.29, 1.82) is 0 Å². The van der Waals surface area contributed by atoms with Crippen LogP contribution in [0.1, 0.15) is 19.4 Å². The number of carbonyl (C=O) groups excluding carboxylic acids is 1. The maximum atomic E-state index is 11.4. The van der Waals surface area contributed by atoms with Crippen LogP contribution >= 0.6 is 0 Å². The number of carbonyl (C=O) groups is 1. The van der Waals surface area contributed by atoms with Crippen LogP contribution in [0.5, 0.6) is 0 Å². The molecule has 1 rings (SSSR count). The number of ether oxygens (including phenoxy) is 1. The van der Waals surface area contributed by atoms with Gasteiger partial charge in [-0.15, -0.1) is 0 Å². The van der Waals surface area contributed by atoms with Crippen molar-refractivity contribution in [3.63, 3.8) is 0 Å². The van der Waals surface area contributed by atoms with Crippen LogP contribution in [-0.2, 0) is 15.1 Å². The van der Waals surface area contributed by atoms with Gasteiger partial charge in [0.05, 0.1) is 5.54 Å². The first kappa shape index (κ1) is 11.7. The first-order valence-corrected chi connectivity index (χ1v) is 4.92. The zero-order valence-corrected chi connectivity index (χ0v) is 9.41. The van der Waals surface area contributed by atoms with Gasteiger partial charge >= 0.3 is 0 Å². The van der Waals surface area contributed by atoms with Crippen LogP contribution in [0.15, 0.2) is 30.3 Å². The Morgan fingerprint density at radius 1 is 1.33 bits per heavy atom. The molecule has 0 radical (unpaired) electrons. The average Bonchev–Trinajstić information content (AvgIpc) is 2.18. The Kier molecular flexibility index (Phi) is 3.86. The predicted molar refractivity (Wildman–Crippen MR) is 59.5 cm³/mol. The molecule has 0 fully saturated rings.